The summed E-state index contributed by atoms with van der Waals surface area (Å²) in [5, 5.41) is 10.5. The largest absolute Gasteiger partial charge is 0.506 e. The van der Waals surface area contributed by atoms with Crippen LogP contribution in [0.2, 0.25) is 5.02 Å². The minimum absolute atomic E-state index is 0.0417. The molecule has 0 saturated heterocycles. The molecular weight excluding hydrogens is 411 g/mol. The third-order valence-corrected chi connectivity index (χ3v) is 5.06. The lowest BCUT2D eigenvalue weighted by Crippen LogP contribution is -2.04. The van der Waals surface area contributed by atoms with Crippen molar-refractivity contribution in [2.24, 2.45) is 7.05 Å². The van der Waals surface area contributed by atoms with Crippen LogP contribution in [0.3, 0.4) is 0 Å². The average molecular weight is 429 g/mol. The Hall–Kier alpha value is -3.39. The zero-order valence-corrected chi connectivity index (χ0v) is 17.0. The molecule has 0 saturated carbocycles. The first-order chi connectivity index (χ1) is 14.5. The maximum Gasteiger partial charge on any atom is 0.164 e. The number of fused-ring (bicyclic) bond motifs is 1. The number of methoxy groups -OCH3 is 1. The van der Waals surface area contributed by atoms with Gasteiger partial charge in [0.15, 0.2) is 11.5 Å². The Morgan fingerprint density at radius 2 is 1.97 bits per heavy atom. The third kappa shape index (κ3) is 3.86. The molecule has 0 aliphatic rings. The molecule has 4 aromatic rings. The highest BCUT2D eigenvalue weighted by atomic mass is 35.5. The molecule has 0 unspecified atom stereocenters. The molecule has 1 N–H and O–H groups in total. The Labute approximate surface area is 176 Å². The zero-order valence-electron chi connectivity index (χ0n) is 16.3. The van der Waals surface area contributed by atoms with E-state index in [2.05, 4.69) is 15.0 Å². The molecular formula is C21H18ClFN4O3. The number of imidazole rings is 1. The van der Waals surface area contributed by atoms with E-state index in [4.69, 9.17) is 21.1 Å². The number of phenols is 1. The van der Waals surface area contributed by atoms with Crippen molar-refractivity contribution in [3.8, 4) is 17.2 Å². The van der Waals surface area contributed by atoms with Gasteiger partial charge in [-0.3, -0.25) is 0 Å². The number of aromatic nitrogens is 4. The molecule has 0 atom stereocenters. The van der Waals surface area contributed by atoms with Crippen molar-refractivity contribution in [1.82, 2.24) is 19.5 Å². The lowest BCUT2D eigenvalue weighted by molar-refractivity contribution is 0.273. The third-order valence-electron chi connectivity index (χ3n) is 4.75. The fourth-order valence-corrected chi connectivity index (χ4v) is 3.26. The van der Waals surface area contributed by atoms with Gasteiger partial charge in [0.1, 0.15) is 30.3 Å². The second-order valence-electron chi connectivity index (χ2n) is 6.66. The number of halogens is 2. The van der Waals surface area contributed by atoms with Crippen LogP contribution in [0.25, 0.3) is 10.9 Å². The Balaban J connectivity index is 1.69. The van der Waals surface area contributed by atoms with Gasteiger partial charge in [0, 0.05) is 37.3 Å². The van der Waals surface area contributed by atoms with E-state index in [0.29, 0.717) is 28.1 Å². The minimum Gasteiger partial charge on any atom is -0.506 e. The summed E-state index contributed by atoms with van der Waals surface area (Å²) in [5.41, 5.74) is 1.47. The number of ether oxygens (including phenoxy) is 2. The predicted octanol–water partition coefficient (Wildman–Crippen LogP) is 4.04. The lowest BCUT2D eigenvalue weighted by Gasteiger charge is -2.13. The van der Waals surface area contributed by atoms with E-state index >= 15 is 0 Å². The van der Waals surface area contributed by atoms with Gasteiger partial charge in [-0.1, -0.05) is 11.6 Å². The van der Waals surface area contributed by atoms with Crippen molar-refractivity contribution >= 4 is 22.5 Å². The highest BCUT2D eigenvalue weighted by Gasteiger charge is 2.15. The molecule has 30 heavy (non-hydrogen) atoms. The van der Waals surface area contributed by atoms with Gasteiger partial charge in [-0.05, 0) is 23.8 Å². The van der Waals surface area contributed by atoms with Crippen molar-refractivity contribution < 1.29 is 19.0 Å². The maximum atomic E-state index is 14.3. The molecule has 0 spiro atoms. The van der Waals surface area contributed by atoms with Gasteiger partial charge in [0.05, 0.1) is 23.3 Å². The summed E-state index contributed by atoms with van der Waals surface area (Å²) in [6.45, 7) is 0.262. The fraction of sp³-hybridized carbons (Fsp3) is 0.190. The van der Waals surface area contributed by atoms with Crippen LogP contribution in [0.15, 0.2) is 43.0 Å². The SMILES string of the molecule is COc1cc2c(Cc3cc(O)c(Cl)cc3F)ncnc2cc1OCc1nccn1C. The average Bonchev–Trinajstić information content (AvgIpc) is 3.14. The van der Waals surface area contributed by atoms with Crippen molar-refractivity contribution in [3.63, 3.8) is 0 Å². The fourth-order valence-electron chi connectivity index (χ4n) is 3.11. The number of aromatic hydroxyl groups is 1. The van der Waals surface area contributed by atoms with Gasteiger partial charge >= 0.3 is 0 Å². The van der Waals surface area contributed by atoms with Crippen LogP contribution in [0, 0.1) is 5.82 Å². The highest BCUT2D eigenvalue weighted by Crippen LogP contribution is 2.34. The van der Waals surface area contributed by atoms with Crippen LogP contribution < -0.4 is 9.47 Å². The number of aryl methyl sites for hydroxylation is 1. The number of phenolic OH excluding ortho intramolecular Hbond substituents is 1. The zero-order chi connectivity index (χ0) is 21.3. The van der Waals surface area contributed by atoms with E-state index in [1.54, 1.807) is 18.3 Å². The van der Waals surface area contributed by atoms with Gasteiger partial charge in [0.25, 0.3) is 0 Å². The maximum absolute atomic E-state index is 14.3. The molecule has 0 fully saturated rings. The van der Waals surface area contributed by atoms with Crippen LogP contribution >= 0.6 is 11.6 Å². The molecule has 2 aromatic carbocycles. The monoisotopic (exact) mass is 428 g/mol. The molecule has 154 valence electrons. The number of nitrogens with zero attached hydrogens (tertiary/aromatic N) is 4. The van der Waals surface area contributed by atoms with E-state index in [1.165, 1.54) is 19.5 Å². The van der Waals surface area contributed by atoms with Crippen LogP contribution in [0.4, 0.5) is 4.39 Å². The van der Waals surface area contributed by atoms with Crippen LogP contribution in [0.5, 0.6) is 17.2 Å². The molecule has 2 heterocycles. The standard InChI is InChI=1S/C21H18ClFN4O3/c1-27-4-3-24-21(27)10-30-20-9-17-13(7-19(20)29-2)16(25-11-26-17)5-12-6-18(28)14(22)8-15(12)23/h3-4,6-9,11,28H,5,10H2,1-2H3. The Kier molecular flexibility index (Phi) is 5.41. The first kappa shape index (κ1) is 19.9. The quantitative estimate of drug-likeness (QED) is 0.499. The Morgan fingerprint density at radius 3 is 2.70 bits per heavy atom. The summed E-state index contributed by atoms with van der Waals surface area (Å²) in [7, 11) is 3.42. The molecule has 7 nitrogen and oxygen atoms in total. The number of benzene rings is 2. The summed E-state index contributed by atoms with van der Waals surface area (Å²) < 4.78 is 27.5. The first-order valence-corrected chi connectivity index (χ1v) is 9.41. The topological polar surface area (TPSA) is 82.3 Å². The van der Waals surface area contributed by atoms with Gasteiger partial charge in [-0.25, -0.2) is 19.3 Å². The number of hydrogen-bond donors (Lipinski definition) is 1. The normalized spacial score (nSPS) is 11.1. The van der Waals surface area contributed by atoms with Crippen molar-refractivity contribution in [2.75, 3.05) is 7.11 Å². The van der Waals surface area contributed by atoms with Crippen molar-refractivity contribution in [2.45, 2.75) is 13.0 Å². The van der Waals surface area contributed by atoms with Crippen molar-refractivity contribution in [3.05, 3.63) is 70.9 Å². The van der Waals surface area contributed by atoms with E-state index in [0.717, 1.165) is 11.9 Å². The van der Waals surface area contributed by atoms with E-state index < -0.39 is 5.82 Å². The molecule has 4 rings (SSSR count). The van der Waals surface area contributed by atoms with E-state index in [9.17, 15) is 9.50 Å². The van der Waals surface area contributed by atoms with Gasteiger partial charge in [-0.15, -0.1) is 0 Å². The van der Waals surface area contributed by atoms with Crippen LogP contribution in [-0.2, 0) is 20.1 Å². The molecule has 0 amide bonds. The summed E-state index contributed by atoms with van der Waals surface area (Å²) in [6.07, 6.45) is 5.08. The van der Waals surface area contributed by atoms with Crippen LogP contribution in [0.1, 0.15) is 17.1 Å². The number of hydrogen-bond acceptors (Lipinski definition) is 6. The Morgan fingerprint density at radius 1 is 1.13 bits per heavy atom. The Bertz CT molecular complexity index is 1230. The van der Waals surface area contributed by atoms with Gasteiger partial charge in [0.2, 0.25) is 0 Å². The van der Waals surface area contributed by atoms with E-state index in [1.807, 2.05) is 17.8 Å². The molecule has 0 aliphatic heterocycles. The smallest absolute Gasteiger partial charge is 0.164 e. The van der Waals surface area contributed by atoms with E-state index in [-0.39, 0.29) is 29.4 Å². The molecule has 0 aliphatic carbocycles. The summed E-state index contributed by atoms with van der Waals surface area (Å²) in [6, 6.07) is 5.89. The molecule has 0 radical (unpaired) electrons. The molecule has 2 aromatic heterocycles. The number of rotatable bonds is 6. The van der Waals surface area contributed by atoms with Gasteiger partial charge < -0.3 is 19.1 Å². The summed E-state index contributed by atoms with van der Waals surface area (Å²) in [5.74, 6) is 1.05. The lowest BCUT2D eigenvalue weighted by atomic mass is 10.0. The first-order valence-electron chi connectivity index (χ1n) is 9.03. The van der Waals surface area contributed by atoms with Gasteiger partial charge in [-0.2, -0.15) is 0 Å². The highest BCUT2D eigenvalue weighted by molar-refractivity contribution is 6.32. The van der Waals surface area contributed by atoms with Crippen molar-refractivity contribution in [1.29, 1.82) is 0 Å². The summed E-state index contributed by atoms with van der Waals surface area (Å²) in [4.78, 5) is 12.8. The molecule has 9 heteroatoms. The minimum atomic E-state index is -0.522. The predicted molar refractivity (Wildman–Crippen MR) is 110 cm³/mol. The summed E-state index contributed by atoms with van der Waals surface area (Å²) >= 11 is 5.77. The molecule has 0 bridgehead atoms. The second kappa shape index (κ2) is 8.16. The second-order valence-corrected chi connectivity index (χ2v) is 7.06. The van der Waals surface area contributed by atoms with Crippen LogP contribution in [-0.4, -0.2) is 31.7 Å².